The summed E-state index contributed by atoms with van der Waals surface area (Å²) in [6, 6.07) is 9.86. The van der Waals surface area contributed by atoms with Gasteiger partial charge in [0.1, 0.15) is 11.6 Å². The fourth-order valence-electron chi connectivity index (χ4n) is 3.95. The van der Waals surface area contributed by atoms with Crippen molar-refractivity contribution in [1.29, 1.82) is 0 Å². The first-order valence-electron chi connectivity index (χ1n) is 9.36. The zero-order valence-corrected chi connectivity index (χ0v) is 15.8. The normalized spacial score (nSPS) is 17.3. The Balaban J connectivity index is 1.62. The van der Waals surface area contributed by atoms with Gasteiger partial charge < -0.3 is 4.90 Å². The Kier molecular flexibility index (Phi) is 4.02. The van der Waals surface area contributed by atoms with Crippen LogP contribution in [0.4, 0.5) is 19.0 Å². The number of hydrogen-bond acceptors (Lipinski definition) is 6. The van der Waals surface area contributed by atoms with E-state index in [-0.39, 0.29) is 17.2 Å². The van der Waals surface area contributed by atoms with E-state index in [0.717, 1.165) is 6.42 Å². The van der Waals surface area contributed by atoms with Crippen molar-refractivity contribution < 1.29 is 13.2 Å². The van der Waals surface area contributed by atoms with Gasteiger partial charge in [0.25, 0.3) is 11.4 Å². The van der Waals surface area contributed by atoms with E-state index in [1.807, 2.05) is 11.0 Å². The van der Waals surface area contributed by atoms with Crippen molar-refractivity contribution in [3.63, 3.8) is 0 Å². The number of benzene rings is 1. The molecule has 4 aromatic rings. The molecule has 11 heteroatoms. The second-order valence-electron chi connectivity index (χ2n) is 7.19. The van der Waals surface area contributed by atoms with Crippen LogP contribution in [0.3, 0.4) is 0 Å². The average molecular weight is 415 g/mol. The second-order valence-corrected chi connectivity index (χ2v) is 7.19. The Labute approximate surface area is 167 Å². The van der Waals surface area contributed by atoms with Gasteiger partial charge in [-0.3, -0.25) is 9.36 Å². The SMILES string of the molecule is Cn1c(C2CCCN2c2ccc3nnc(C(F)(F)F)n3n2)nc2ccccc2c1=O. The number of fused-ring (bicyclic) bond motifs is 2. The van der Waals surface area contributed by atoms with Crippen LogP contribution in [0, 0.1) is 0 Å². The van der Waals surface area contributed by atoms with E-state index in [1.54, 1.807) is 31.3 Å². The predicted molar refractivity (Wildman–Crippen MR) is 102 cm³/mol. The van der Waals surface area contributed by atoms with Crippen molar-refractivity contribution >= 4 is 22.4 Å². The lowest BCUT2D eigenvalue weighted by Crippen LogP contribution is -2.31. The molecule has 8 nitrogen and oxygen atoms in total. The molecular formula is C19H16F3N7O. The number of halogens is 3. The molecule has 154 valence electrons. The van der Waals surface area contributed by atoms with Crippen LogP contribution >= 0.6 is 0 Å². The van der Waals surface area contributed by atoms with E-state index < -0.39 is 12.0 Å². The molecule has 0 bridgehead atoms. The Morgan fingerprint density at radius 3 is 2.70 bits per heavy atom. The van der Waals surface area contributed by atoms with Gasteiger partial charge in [-0.05, 0) is 37.1 Å². The molecule has 0 saturated carbocycles. The number of alkyl halides is 3. The summed E-state index contributed by atoms with van der Waals surface area (Å²) >= 11 is 0. The van der Waals surface area contributed by atoms with E-state index >= 15 is 0 Å². The maximum absolute atomic E-state index is 13.2. The van der Waals surface area contributed by atoms with Crippen LogP contribution in [0.5, 0.6) is 0 Å². The lowest BCUT2D eigenvalue weighted by atomic mass is 10.1. The quantitative estimate of drug-likeness (QED) is 0.501. The summed E-state index contributed by atoms with van der Waals surface area (Å²) < 4.78 is 41.9. The minimum Gasteiger partial charge on any atom is -0.345 e. The molecule has 1 atom stereocenters. The largest absolute Gasteiger partial charge is 0.453 e. The number of hydrogen-bond donors (Lipinski definition) is 0. The number of para-hydroxylation sites is 1. The molecule has 0 aliphatic carbocycles. The van der Waals surface area contributed by atoms with Gasteiger partial charge in [-0.15, -0.1) is 15.3 Å². The maximum Gasteiger partial charge on any atom is 0.453 e. The molecule has 30 heavy (non-hydrogen) atoms. The highest BCUT2D eigenvalue weighted by Crippen LogP contribution is 2.35. The van der Waals surface area contributed by atoms with Gasteiger partial charge in [0.15, 0.2) is 5.65 Å². The molecule has 0 amide bonds. The smallest absolute Gasteiger partial charge is 0.345 e. The first-order valence-corrected chi connectivity index (χ1v) is 9.36. The average Bonchev–Trinajstić information content (AvgIpc) is 3.37. The maximum atomic E-state index is 13.2. The van der Waals surface area contributed by atoms with Gasteiger partial charge in [0.05, 0.1) is 16.9 Å². The third kappa shape index (κ3) is 2.80. The van der Waals surface area contributed by atoms with Gasteiger partial charge in [0, 0.05) is 13.6 Å². The highest BCUT2D eigenvalue weighted by molar-refractivity contribution is 5.77. The molecule has 0 radical (unpaired) electrons. The van der Waals surface area contributed by atoms with Crippen molar-refractivity contribution in [2.24, 2.45) is 7.05 Å². The van der Waals surface area contributed by atoms with Crippen molar-refractivity contribution in [2.75, 3.05) is 11.4 Å². The van der Waals surface area contributed by atoms with E-state index in [2.05, 4.69) is 20.3 Å². The summed E-state index contributed by atoms with van der Waals surface area (Å²) in [6.45, 7) is 0.579. The first kappa shape index (κ1) is 18.5. The fourth-order valence-corrected chi connectivity index (χ4v) is 3.95. The first-order chi connectivity index (χ1) is 14.3. The van der Waals surface area contributed by atoms with Gasteiger partial charge in [-0.25, -0.2) is 4.98 Å². The summed E-state index contributed by atoms with van der Waals surface area (Å²) in [5.74, 6) is -0.276. The van der Waals surface area contributed by atoms with Gasteiger partial charge in [-0.2, -0.15) is 17.7 Å². The number of aromatic nitrogens is 6. The lowest BCUT2D eigenvalue weighted by molar-refractivity contribution is -0.146. The minimum absolute atomic E-state index is 0.0121. The van der Waals surface area contributed by atoms with E-state index in [0.29, 0.717) is 40.0 Å². The van der Waals surface area contributed by atoms with Crippen LogP contribution < -0.4 is 10.5 Å². The van der Waals surface area contributed by atoms with E-state index in [9.17, 15) is 18.0 Å². The zero-order chi connectivity index (χ0) is 21.0. The Bertz CT molecular complexity index is 1330. The summed E-state index contributed by atoms with van der Waals surface area (Å²) in [4.78, 5) is 19.3. The lowest BCUT2D eigenvalue weighted by Gasteiger charge is -2.26. The van der Waals surface area contributed by atoms with Crippen LogP contribution in [0.15, 0.2) is 41.2 Å². The summed E-state index contributed by atoms with van der Waals surface area (Å²) in [5, 5.41) is 11.4. The van der Waals surface area contributed by atoms with Crippen LogP contribution in [0.2, 0.25) is 0 Å². The predicted octanol–water partition coefficient (Wildman–Crippen LogP) is 2.73. The van der Waals surface area contributed by atoms with Crippen molar-refractivity contribution in [2.45, 2.75) is 25.1 Å². The van der Waals surface area contributed by atoms with Gasteiger partial charge in [0.2, 0.25) is 0 Å². The molecular weight excluding hydrogens is 399 g/mol. The summed E-state index contributed by atoms with van der Waals surface area (Å²) in [6.07, 6.45) is -3.17. The number of rotatable bonds is 2. The molecule has 5 rings (SSSR count). The summed E-state index contributed by atoms with van der Waals surface area (Å²) in [7, 11) is 1.66. The molecule has 3 aromatic heterocycles. The Hall–Kier alpha value is -3.50. The number of anilines is 1. The molecule has 1 unspecified atom stereocenters. The van der Waals surface area contributed by atoms with Crippen molar-refractivity contribution in [3.8, 4) is 0 Å². The fraction of sp³-hybridized carbons (Fsp3) is 0.316. The molecule has 4 heterocycles. The molecule has 0 spiro atoms. The molecule has 1 fully saturated rings. The van der Waals surface area contributed by atoms with Gasteiger partial charge in [-0.1, -0.05) is 12.1 Å². The van der Waals surface area contributed by atoms with Crippen LogP contribution in [0.1, 0.15) is 30.5 Å². The topological polar surface area (TPSA) is 81.2 Å². The molecule has 1 aliphatic rings. The number of nitrogens with zero attached hydrogens (tertiary/aromatic N) is 7. The molecule has 0 N–H and O–H groups in total. The zero-order valence-electron chi connectivity index (χ0n) is 15.8. The van der Waals surface area contributed by atoms with Crippen LogP contribution in [-0.2, 0) is 13.2 Å². The third-order valence-corrected chi connectivity index (χ3v) is 5.37. The monoisotopic (exact) mass is 415 g/mol. The van der Waals surface area contributed by atoms with Gasteiger partial charge >= 0.3 is 6.18 Å². The Morgan fingerprint density at radius 2 is 1.90 bits per heavy atom. The third-order valence-electron chi connectivity index (χ3n) is 5.37. The molecule has 1 aromatic carbocycles. The highest BCUT2D eigenvalue weighted by atomic mass is 19.4. The summed E-state index contributed by atoms with van der Waals surface area (Å²) in [5.41, 5.74) is 0.436. The standard InChI is InChI=1S/C19H16F3N7O/c1-27-16(23-12-6-3-2-5-11(12)17(27)30)13-7-4-10-28(13)15-9-8-14-24-25-18(19(20,21)22)29(14)26-15/h2-3,5-6,8-9,13H,4,7,10H2,1H3. The van der Waals surface area contributed by atoms with Crippen molar-refractivity contribution in [1.82, 2.24) is 29.4 Å². The van der Waals surface area contributed by atoms with Crippen LogP contribution in [0.25, 0.3) is 16.6 Å². The van der Waals surface area contributed by atoms with Crippen LogP contribution in [-0.4, -0.2) is 35.9 Å². The molecule has 1 aliphatic heterocycles. The molecule has 1 saturated heterocycles. The second kappa shape index (κ2) is 6.51. The van der Waals surface area contributed by atoms with Crippen molar-refractivity contribution in [3.05, 3.63) is 58.4 Å². The minimum atomic E-state index is -4.67. The Morgan fingerprint density at radius 1 is 1.10 bits per heavy atom. The highest BCUT2D eigenvalue weighted by Gasteiger charge is 2.38. The van der Waals surface area contributed by atoms with E-state index in [1.165, 1.54) is 10.6 Å². The van der Waals surface area contributed by atoms with E-state index in [4.69, 9.17) is 0 Å².